The quantitative estimate of drug-likeness (QED) is 0.114. The van der Waals surface area contributed by atoms with E-state index in [1.54, 1.807) is 0 Å². The van der Waals surface area contributed by atoms with Gasteiger partial charge in [0, 0.05) is 0 Å². The van der Waals surface area contributed by atoms with Crippen LogP contribution in [0.25, 0.3) is 56.7 Å². The van der Waals surface area contributed by atoms with Gasteiger partial charge >= 0.3 is 398 Å². The van der Waals surface area contributed by atoms with Crippen LogP contribution in [-0.4, -0.2) is 5.92 Å². The Morgan fingerprint density at radius 2 is 0.812 bits per heavy atom. The Hall–Kier alpha value is -3.52. The van der Waals surface area contributed by atoms with Gasteiger partial charge in [-0.1, -0.05) is 0 Å². The van der Waals surface area contributed by atoms with Crippen molar-refractivity contribution in [2.24, 2.45) is 11.8 Å². The van der Waals surface area contributed by atoms with Crippen LogP contribution in [0.1, 0.15) is 123 Å². The Balaban J connectivity index is 1.46. The molecule has 8 rings (SSSR count). The minimum atomic E-state index is -5.25. The summed E-state index contributed by atoms with van der Waals surface area (Å²) < 4.78 is -0.0207. The molecule has 0 bridgehead atoms. The third kappa shape index (κ3) is 7.89. The first-order valence-electron chi connectivity index (χ1n) is 24.0. The molecule has 0 aromatic heterocycles. The summed E-state index contributed by atoms with van der Waals surface area (Å²) in [6, 6.07) is 49.8. The Labute approximate surface area is 395 Å². The van der Waals surface area contributed by atoms with Crippen LogP contribution in [0.2, 0.25) is 13.1 Å². The topological polar surface area (TPSA) is 0 Å². The first kappa shape index (κ1) is 47.0. The molecule has 331 valence electrons. The molecule has 0 N–H and O–H groups in total. The van der Waals surface area contributed by atoms with E-state index in [9.17, 15) is 17.0 Å². The molecule has 6 aromatic carbocycles. The molecular weight excluding hydrogens is 911 g/mol. The normalized spacial score (nSPS) is 17.9. The molecule has 4 heteroatoms. The fraction of sp³-hybridized carbons (Fsp3) is 0.333. The molecule has 0 aliphatic heterocycles. The van der Waals surface area contributed by atoms with Gasteiger partial charge in [0.1, 0.15) is 0 Å². The number of rotatable bonds is 11. The van der Waals surface area contributed by atoms with Gasteiger partial charge in [0.2, 0.25) is 0 Å². The van der Waals surface area contributed by atoms with E-state index in [-0.39, 0.29) is 18.1 Å². The van der Waals surface area contributed by atoms with Crippen LogP contribution >= 0.6 is 17.0 Å². The van der Waals surface area contributed by atoms with Gasteiger partial charge < -0.3 is 0 Å². The summed E-state index contributed by atoms with van der Waals surface area (Å²) >= 11 is -5.25. The molecule has 6 aromatic rings. The molecular formula is C60H69Cl2SiZr. The van der Waals surface area contributed by atoms with E-state index >= 15 is 0 Å². The Kier molecular flexibility index (Phi) is 12.9. The van der Waals surface area contributed by atoms with Crippen molar-refractivity contribution in [2.75, 3.05) is 0 Å². The summed E-state index contributed by atoms with van der Waals surface area (Å²) in [7, 11) is 18.5. The molecule has 4 unspecified atom stereocenters. The number of allylic oxidation sites excluding steroid dienone is 2. The van der Waals surface area contributed by atoms with Crippen molar-refractivity contribution in [2.45, 2.75) is 113 Å². The van der Waals surface area contributed by atoms with Crippen molar-refractivity contribution in [1.82, 2.24) is 0 Å². The Morgan fingerprint density at radius 3 is 1.12 bits per heavy atom. The van der Waals surface area contributed by atoms with E-state index in [0.717, 1.165) is 12.8 Å². The first-order chi connectivity index (χ1) is 30.3. The van der Waals surface area contributed by atoms with Gasteiger partial charge in [-0.15, -0.1) is 0 Å². The molecule has 4 atom stereocenters. The number of fused-ring (bicyclic) bond motifs is 2. The van der Waals surface area contributed by atoms with E-state index in [1.807, 2.05) is 0 Å². The second kappa shape index (κ2) is 17.6. The standard InChI is InChI=1S/2C29H31.C2H7Si.2ClH.Zr/c2*1-6-20(2)23-18-22-16-17-27(29(3,4)5)28(26(22)19-23)25-15-11-10-14-24(25)21-12-8-7-9-13-21;1-3-2;;;/h2*7-20H,6H2,1-5H3;3H,1-2H3;2*1H;/q;;;;;+2/p-2. The first-order valence-corrected chi connectivity index (χ1v) is 40.3. The molecule has 64 heavy (non-hydrogen) atoms. The summed E-state index contributed by atoms with van der Waals surface area (Å²) in [5.41, 5.74) is 21.0. The summed E-state index contributed by atoms with van der Waals surface area (Å²) in [6.07, 6.45) is 7.26. The molecule has 0 amide bonds. The maximum atomic E-state index is 9.25. The van der Waals surface area contributed by atoms with E-state index in [4.69, 9.17) is 0 Å². The molecule has 0 spiro atoms. The molecule has 0 heterocycles. The number of hydrogen-bond donors (Lipinski definition) is 0. The molecule has 2 aliphatic rings. The molecule has 0 saturated heterocycles. The van der Waals surface area contributed by atoms with E-state index < -0.39 is 21.5 Å². The fourth-order valence-corrected chi connectivity index (χ4v) is 42.6. The van der Waals surface area contributed by atoms with Crippen molar-refractivity contribution in [3.8, 4) is 44.5 Å². The van der Waals surface area contributed by atoms with Crippen LogP contribution in [0.4, 0.5) is 0 Å². The average Bonchev–Trinajstić information content (AvgIpc) is 3.89. The van der Waals surface area contributed by atoms with E-state index in [2.05, 4.69) is 228 Å². The van der Waals surface area contributed by atoms with Gasteiger partial charge in [0.15, 0.2) is 0 Å². The zero-order chi connectivity index (χ0) is 46.0. The third-order valence-electron chi connectivity index (χ3n) is 15.2. The predicted molar refractivity (Wildman–Crippen MR) is 283 cm³/mol. The van der Waals surface area contributed by atoms with Crippen LogP contribution in [0.5, 0.6) is 0 Å². The zero-order valence-electron chi connectivity index (χ0n) is 40.4. The Bertz CT molecular complexity index is 2580. The van der Waals surface area contributed by atoms with Crippen LogP contribution in [0.15, 0.2) is 145 Å². The van der Waals surface area contributed by atoms with Gasteiger partial charge in [-0.2, -0.15) is 0 Å². The van der Waals surface area contributed by atoms with Gasteiger partial charge in [0.25, 0.3) is 0 Å². The molecule has 0 saturated carbocycles. The van der Waals surface area contributed by atoms with Crippen molar-refractivity contribution >= 4 is 35.1 Å². The van der Waals surface area contributed by atoms with Crippen LogP contribution in [0.3, 0.4) is 0 Å². The monoisotopic (exact) mass is 977 g/mol. The predicted octanol–water partition coefficient (Wildman–Crippen LogP) is 18.6. The second-order valence-corrected chi connectivity index (χ2v) is 64.0. The van der Waals surface area contributed by atoms with Crippen molar-refractivity contribution < 1.29 is 15.6 Å². The summed E-state index contributed by atoms with van der Waals surface area (Å²) in [4.78, 5) is 0. The zero-order valence-corrected chi connectivity index (χ0v) is 45.5. The Morgan fingerprint density at radius 1 is 0.484 bits per heavy atom. The third-order valence-corrected chi connectivity index (χ3v) is 66.9. The fourth-order valence-electron chi connectivity index (χ4n) is 11.3. The molecule has 0 fully saturated rings. The van der Waals surface area contributed by atoms with Crippen LogP contribution in [-0.2, 0) is 26.4 Å². The maximum absolute atomic E-state index is 9.25. The molecule has 0 radical (unpaired) electrons. The van der Waals surface area contributed by atoms with Gasteiger partial charge in [-0.3, -0.25) is 0 Å². The number of halogens is 2. The summed E-state index contributed by atoms with van der Waals surface area (Å²) in [5, 5.41) is 0. The van der Waals surface area contributed by atoms with Crippen molar-refractivity contribution in [3.63, 3.8) is 0 Å². The molecule has 2 aliphatic carbocycles. The summed E-state index contributed by atoms with van der Waals surface area (Å²) in [5.74, 6) is -1.21. The van der Waals surface area contributed by atoms with Crippen LogP contribution in [0, 0.1) is 11.8 Å². The van der Waals surface area contributed by atoms with Gasteiger partial charge in [-0.05, 0) is 0 Å². The van der Waals surface area contributed by atoms with Gasteiger partial charge in [0.05, 0.1) is 0 Å². The van der Waals surface area contributed by atoms with E-state index in [0.29, 0.717) is 11.8 Å². The van der Waals surface area contributed by atoms with Crippen molar-refractivity contribution in [1.29, 1.82) is 0 Å². The molecule has 0 nitrogen and oxygen atoms in total. The summed E-state index contributed by atoms with van der Waals surface area (Å²) in [6.45, 7) is 28.7. The average molecular weight is 980 g/mol. The second-order valence-electron chi connectivity index (χ2n) is 21.5. The van der Waals surface area contributed by atoms with Gasteiger partial charge in [-0.25, -0.2) is 0 Å². The minimum absolute atomic E-state index is 0.0104. The van der Waals surface area contributed by atoms with Crippen LogP contribution < -0.4 is 0 Å². The van der Waals surface area contributed by atoms with E-state index in [1.165, 1.54) is 89.0 Å². The SMILES string of the molecule is CCC(C)C1=Cc2c(ccc(C(C)(C)C)c2-c2ccccc2-c2ccccc2)[CH]1[Zr]([Cl])([Cl])([CH]1C(C(C)CC)=Cc2c1ccc(C(C)(C)C)c2-c1ccccc1-c1ccccc1)[SiH](C)C. The number of hydrogen-bond acceptors (Lipinski definition) is 0. The van der Waals surface area contributed by atoms with Crippen molar-refractivity contribution in [3.05, 3.63) is 178 Å². The number of benzene rings is 6.